The molecule has 0 fully saturated rings. The number of anilines is 1. The van der Waals surface area contributed by atoms with E-state index in [0.717, 1.165) is 16.7 Å². The highest BCUT2D eigenvalue weighted by molar-refractivity contribution is 9.10. The van der Waals surface area contributed by atoms with Gasteiger partial charge in [0.05, 0.1) is 17.0 Å². The molecule has 1 aromatic heterocycles. The topological polar surface area (TPSA) is 79.5 Å². The Bertz CT molecular complexity index is 1390. The highest BCUT2D eigenvalue weighted by Crippen LogP contribution is 2.33. The zero-order valence-electron chi connectivity index (χ0n) is 17.9. The molecule has 0 amide bonds. The Morgan fingerprint density at radius 3 is 2.47 bits per heavy atom. The van der Waals surface area contributed by atoms with Crippen LogP contribution in [-0.2, 0) is 0 Å². The lowest BCUT2D eigenvalue weighted by Gasteiger charge is -2.20. The number of benzene rings is 3. The van der Waals surface area contributed by atoms with Crippen molar-refractivity contribution in [2.75, 3.05) is 5.32 Å². The third-order valence-corrected chi connectivity index (χ3v) is 5.97. The first-order chi connectivity index (χ1) is 15.3. The van der Waals surface area contributed by atoms with Gasteiger partial charge in [-0.1, -0.05) is 52.3 Å². The van der Waals surface area contributed by atoms with Crippen LogP contribution in [0.5, 0.6) is 0 Å². The molecule has 4 rings (SSSR count). The molecular weight excluding hydrogens is 470 g/mol. The molecule has 1 atom stereocenters. The van der Waals surface area contributed by atoms with Gasteiger partial charge < -0.3 is 14.8 Å². The van der Waals surface area contributed by atoms with Gasteiger partial charge in [-0.05, 0) is 50.6 Å². The SMILES string of the molecule is Cc1cc(C(C)Nc2ccc(Br)cc2C(=O)O)c2oc(-c3ccccc3)c(C)c(=O)c2c1. The number of carboxylic acid groups (broad SMARTS) is 1. The molecule has 0 spiro atoms. The van der Waals surface area contributed by atoms with Crippen LogP contribution in [0, 0.1) is 13.8 Å². The average molecular weight is 492 g/mol. The second kappa shape index (κ2) is 8.63. The number of carboxylic acids is 1. The summed E-state index contributed by atoms with van der Waals surface area (Å²) >= 11 is 3.32. The van der Waals surface area contributed by atoms with Crippen molar-refractivity contribution < 1.29 is 14.3 Å². The summed E-state index contributed by atoms with van der Waals surface area (Å²) in [4.78, 5) is 24.9. The molecule has 0 saturated carbocycles. The normalized spacial score (nSPS) is 12.0. The van der Waals surface area contributed by atoms with E-state index in [9.17, 15) is 14.7 Å². The predicted octanol–water partition coefficient (Wildman–Crippen LogP) is 6.71. The van der Waals surface area contributed by atoms with Gasteiger partial charge in [0.1, 0.15) is 11.3 Å². The van der Waals surface area contributed by atoms with Gasteiger partial charge in [0, 0.05) is 26.9 Å². The molecule has 0 aliphatic carbocycles. The Kier molecular flexibility index (Phi) is 5.89. The molecule has 162 valence electrons. The molecule has 4 aromatic rings. The Labute approximate surface area is 193 Å². The number of aryl methyl sites for hydroxylation is 1. The van der Waals surface area contributed by atoms with E-state index in [2.05, 4.69) is 21.2 Å². The molecule has 32 heavy (non-hydrogen) atoms. The number of nitrogens with one attached hydrogen (secondary N) is 1. The van der Waals surface area contributed by atoms with E-state index < -0.39 is 5.97 Å². The number of hydrogen-bond acceptors (Lipinski definition) is 4. The monoisotopic (exact) mass is 491 g/mol. The van der Waals surface area contributed by atoms with Crippen LogP contribution in [0.1, 0.15) is 40.0 Å². The van der Waals surface area contributed by atoms with Gasteiger partial charge in [0.15, 0.2) is 5.43 Å². The first kappa shape index (κ1) is 21.8. The van der Waals surface area contributed by atoms with E-state index in [-0.39, 0.29) is 17.0 Å². The minimum Gasteiger partial charge on any atom is -0.478 e. The van der Waals surface area contributed by atoms with Gasteiger partial charge in [0.25, 0.3) is 0 Å². The van der Waals surface area contributed by atoms with Crippen LogP contribution >= 0.6 is 15.9 Å². The molecule has 1 unspecified atom stereocenters. The highest BCUT2D eigenvalue weighted by atomic mass is 79.9. The lowest BCUT2D eigenvalue weighted by Crippen LogP contribution is -2.14. The van der Waals surface area contributed by atoms with Crippen LogP contribution in [0.3, 0.4) is 0 Å². The van der Waals surface area contributed by atoms with Gasteiger partial charge in [-0.15, -0.1) is 0 Å². The van der Waals surface area contributed by atoms with Crippen molar-refractivity contribution in [3.8, 4) is 11.3 Å². The minimum atomic E-state index is -1.02. The summed E-state index contributed by atoms with van der Waals surface area (Å²) in [6, 6.07) is 18.1. The lowest BCUT2D eigenvalue weighted by molar-refractivity contribution is 0.0698. The van der Waals surface area contributed by atoms with E-state index in [1.165, 1.54) is 0 Å². The number of fused-ring (bicyclic) bond motifs is 1. The highest BCUT2D eigenvalue weighted by Gasteiger charge is 2.20. The molecule has 2 N–H and O–H groups in total. The smallest absolute Gasteiger partial charge is 0.337 e. The van der Waals surface area contributed by atoms with E-state index in [1.54, 1.807) is 25.1 Å². The molecule has 6 heteroatoms. The molecule has 0 aliphatic heterocycles. The van der Waals surface area contributed by atoms with E-state index in [4.69, 9.17) is 4.42 Å². The van der Waals surface area contributed by atoms with Crippen molar-refractivity contribution in [1.82, 2.24) is 0 Å². The van der Waals surface area contributed by atoms with Crippen molar-refractivity contribution in [2.24, 2.45) is 0 Å². The average Bonchev–Trinajstić information content (AvgIpc) is 2.77. The maximum absolute atomic E-state index is 13.2. The fraction of sp³-hybridized carbons (Fsp3) is 0.154. The molecule has 3 aromatic carbocycles. The maximum atomic E-state index is 13.2. The third kappa shape index (κ3) is 4.06. The van der Waals surface area contributed by atoms with Crippen LogP contribution < -0.4 is 10.7 Å². The van der Waals surface area contributed by atoms with Crippen LogP contribution in [0.2, 0.25) is 0 Å². The third-order valence-electron chi connectivity index (χ3n) is 5.48. The first-order valence-electron chi connectivity index (χ1n) is 10.2. The standard InChI is InChI=1S/C26H22BrNO4/c1-14-11-19(16(3)28-22-10-9-18(27)13-20(22)26(30)31)25-21(12-14)23(29)15(2)24(32-25)17-7-5-4-6-8-17/h4-13,16,28H,1-3H3,(H,30,31). The first-order valence-corrected chi connectivity index (χ1v) is 11.0. The zero-order valence-corrected chi connectivity index (χ0v) is 19.5. The summed E-state index contributed by atoms with van der Waals surface area (Å²) in [5, 5.41) is 13.4. The van der Waals surface area contributed by atoms with Crippen LogP contribution in [0.4, 0.5) is 5.69 Å². The minimum absolute atomic E-state index is 0.0721. The van der Waals surface area contributed by atoms with Crippen LogP contribution in [0.25, 0.3) is 22.3 Å². The molecule has 0 saturated heterocycles. The van der Waals surface area contributed by atoms with E-state index in [0.29, 0.717) is 32.5 Å². The second-order valence-electron chi connectivity index (χ2n) is 7.84. The van der Waals surface area contributed by atoms with Crippen molar-refractivity contribution in [3.05, 3.63) is 97.6 Å². The van der Waals surface area contributed by atoms with E-state index >= 15 is 0 Å². The number of aromatic carboxylic acids is 1. The summed E-state index contributed by atoms with van der Waals surface area (Å²) < 4.78 is 7.02. The summed E-state index contributed by atoms with van der Waals surface area (Å²) in [7, 11) is 0. The summed E-state index contributed by atoms with van der Waals surface area (Å²) in [5.41, 5.74) is 4.17. The molecule has 0 bridgehead atoms. The molecule has 5 nitrogen and oxygen atoms in total. The van der Waals surface area contributed by atoms with Gasteiger partial charge in [-0.3, -0.25) is 4.79 Å². The fourth-order valence-electron chi connectivity index (χ4n) is 3.88. The Balaban J connectivity index is 1.88. The van der Waals surface area contributed by atoms with Gasteiger partial charge in [0.2, 0.25) is 0 Å². The fourth-order valence-corrected chi connectivity index (χ4v) is 4.25. The molecule has 0 aliphatic rings. The van der Waals surface area contributed by atoms with E-state index in [1.807, 2.05) is 56.3 Å². The van der Waals surface area contributed by atoms with Crippen molar-refractivity contribution >= 4 is 38.6 Å². The summed E-state index contributed by atoms with van der Waals surface area (Å²) in [6.45, 7) is 5.63. The molecule has 0 radical (unpaired) electrons. The van der Waals surface area contributed by atoms with Crippen LogP contribution in [-0.4, -0.2) is 11.1 Å². The largest absolute Gasteiger partial charge is 0.478 e. The Hall–Kier alpha value is -3.38. The number of carbonyl (C=O) groups is 1. The van der Waals surface area contributed by atoms with Gasteiger partial charge in [-0.2, -0.15) is 0 Å². The zero-order chi connectivity index (χ0) is 23.0. The van der Waals surface area contributed by atoms with Crippen molar-refractivity contribution in [2.45, 2.75) is 26.8 Å². The molecule has 1 heterocycles. The predicted molar refractivity (Wildman–Crippen MR) is 131 cm³/mol. The summed E-state index contributed by atoms with van der Waals surface area (Å²) in [6.07, 6.45) is 0. The lowest BCUT2D eigenvalue weighted by atomic mass is 9.98. The number of hydrogen-bond donors (Lipinski definition) is 2. The Morgan fingerprint density at radius 2 is 1.78 bits per heavy atom. The quantitative estimate of drug-likeness (QED) is 0.324. The van der Waals surface area contributed by atoms with Crippen molar-refractivity contribution in [1.29, 1.82) is 0 Å². The van der Waals surface area contributed by atoms with Gasteiger partial charge in [-0.25, -0.2) is 4.79 Å². The van der Waals surface area contributed by atoms with Crippen LogP contribution in [0.15, 0.2) is 74.3 Å². The second-order valence-corrected chi connectivity index (χ2v) is 8.76. The Morgan fingerprint density at radius 1 is 1.06 bits per heavy atom. The number of rotatable bonds is 5. The molecular formula is C26H22BrNO4. The maximum Gasteiger partial charge on any atom is 0.337 e. The van der Waals surface area contributed by atoms with Gasteiger partial charge >= 0.3 is 5.97 Å². The van der Waals surface area contributed by atoms with Crippen molar-refractivity contribution in [3.63, 3.8) is 0 Å². The number of halogens is 1. The summed E-state index contributed by atoms with van der Waals surface area (Å²) in [5.74, 6) is -0.487.